The number of nitriles is 1. The molecule has 0 bridgehead atoms. The third-order valence-corrected chi connectivity index (χ3v) is 2.25. The van der Waals surface area contributed by atoms with E-state index in [1.807, 2.05) is 6.07 Å². The average molecular weight is 220 g/mol. The first kappa shape index (κ1) is 9.63. The normalized spacial score (nSPS) is 11.6. The van der Waals surface area contributed by atoms with E-state index in [2.05, 4.69) is 0 Å². The smallest absolute Gasteiger partial charge is 0.176 e. The molecule has 0 spiro atoms. The van der Waals surface area contributed by atoms with Crippen molar-refractivity contribution in [3.8, 4) is 11.8 Å². The summed E-state index contributed by atoms with van der Waals surface area (Å²) in [6, 6.07) is 8.50. The van der Waals surface area contributed by atoms with Crippen molar-refractivity contribution in [2.45, 2.75) is 0 Å². The molecule has 0 saturated heterocycles. The standard InChI is InChI=1S/C11H6ClNO2/c12-8(4-5-13)10-6-7-2-1-3-9(14)11(7)15-10/h1-4,6,14H/b8-4-. The van der Waals surface area contributed by atoms with Crippen LogP contribution < -0.4 is 0 Å². The lowest BCUT2D eigenvalue weighted by Crippen LogP contribution is -1.67. The van der Waals surface area contributed by atoms with Crippen molar-refractivity contribution in [3.05, 3.63) is 36.1 Å². The van der Waals surface area contributed by atoms with Gasteiger partial charge in [0.2, 0.25) is 0 Å². The molecule has 0 aliphatic rings. The van der Waals surface area contributed by atoms with Gasteiger partial charge in [-0.05, 0) is 12.1 Å². The molecule has 0 unspecified atom stereocenters. The number of halogens is 1. The van der Waals surface area contributed by atoms with Gasteiger partial charge in [0.05, 0.1) is 11.1 Å². The van der Waals surface area contributed by atoms with Gasteiger partial charge in [-0.25, -0.2) is 0 Å². The molecule has 0 atom stereocenters. The van der Waals surface area contributed by atoms with E-state index in [0.29, 0.717) is 11.3 Å². The van der Waals surface area contributed by atoms with Gasteiger partial charge in [0.25, 0.3) is 0 Å². The Kier molecular flexibility index (Phi) is 2.36. The number of para-hydroxylation sites is 1. The molecule has 0 amide bonds. The van der Waals surface area contributed by atoms with Crippen LogP contribution in [0.1, 0.15) is 5.76 Å². The van der Waals surface area contributed by atoms with E-state index >= 15 is 0 Å². The zero-order chi connectivity index (χ0) is 10.8. The second-order valence-electron chi connectivity index (χ2n) is 2.93. The lowest BCUT2D eigenvalue weighted by molar-refractivity contribution is 0.464. The Morgan fingerprint density at radius 1 is 1.53 bits per heavy atom. The zero-order valence-electron chi connectivity index (χ0n) is 7.57. The van der Waals surface area contributed by atoms with Crippen LogP contribution in [-0.4, -0.2) is 5.11 Å². The Morgan fingerprint density at radius 2 is 2.33 bits per heavy atom. The number of hydrogen-bond donors (Lipinski definition) is 1. The number of fused-ring (bicyclic) bond motifs is 1. The van der Waals surface area contributed by atoms with Gasteiger partial charge in [0, 0.05) is 11.5 Å². The highest BCUT2D eigenvalue weighted by atomic mass is 35.5. The zero-order valence-corrected chi connectivity index (χ0v) is 8.32. The van der Waals surface area contributed by atoms with Gasteiger partial charge in [-0.2, -0.15) is 5.26 Å². The minimum atomic E-state index is 0.0557. The van der Waals surface area contributed by atoms with Gasteiger partial charge in [-0.3, -0.25) is 0 Å². The van der Waals surface area contributed by atoms with Crippen molar-refractivity contribution in [3.63, 3.8) is 0 Å². The van der Waals surface area contributed by atoms with Crippen LogP contribution in [0.25, 0.3) is 16.0 Å². The first-order valence-corrected chi connectivity index (χ1v) is 4.57. The lowest BCUT2D eigenvalue weighted by Gasteiger charge is -1.91. The number of benzene rings is 1. The molecule has 0 aliphatic carbocycles. The quantitative estimate of drug-likeness (QED) is 0.749. The van der Waals surface area contributed by atoms with Gasteiger partial charge in [0.1, 0.15) is 5.76 Å². The molecule has 2 rings (SSSR count). The minimum absolute atomic E-state index is 0.0557. The number of aromatic hydroxyl groups is 1. The molecule has 1 N–H and O–H groups in total. The van der Waals surface area contributed by atoms with Gasteiger partial charge < -0.3 is 9.52 Å². The van der Waals surface area contributed by atoms with E-state index in [1.165, 1.54) is 12.1 Å². The summed E-state index contributed by atoms with van der Waals surface area (Å²) in [5.41, 5.74) is 0.372. The molecule has 0 fully saturated rings. The van der Waals surface area contributed by atoms with E-state index in [0.717, 1.165) is 5.39 Å². The van der Waals surface area contributed by atoms with Crippen molar-refractivity contribution in [2.24, 2.45) is 0 Å². The first-order chi connectivity index (χ1) is 7.22. The summed E-state index contributed by atoms with van der Waals surface area (Å²) >= 11 is 5.79. The minimum Gasteiger partial charge on any atom is -0.504 e. The number of rotatable bonds is 1. The molecule has 1 heterocycles. The average Bonchev–Trinajstić information content (AvgIpc) is 2.63. The second-order valence-corrected chi connectivity index (χ2v) is 3.33. The van der Waals surface area contributed by atoms with Crippen LogP contribution >= 0.6 is 11.6 Å². The molecule has 4 heteroatoms. The molecule has 2 aromatic rings. The Labute approximate surface area is 90.8 Å². The number of hydrogen-bond acceptors (Lipinski definition) is 3. The number of allylic oxidation sites excluding steroid dienone is 1. The monoisotopic (exact) mass is 219 g/mol. The molecule has 3 nitrogen and oxygen atoms in total. The number of nitrogens with zero attached hydrogens (tertiary/aromatic N) is 1. The van der Waals surface area contributed by atoms with Crippen LogP contribution in [0.4, 0.5) is 0 Å². The highest BCUT2D eigenvalue weighted by Gasteiger charge is 2.09. The van der Waals surface area contributed by atoms with E-state index in [1.54, 1.807) is 18.2 Å². The first-order valence-electron chi connectivity index (χ1n) is 4.19. The van der Waals surface area contributed by atoms with Gasteiger partial charge >= 0.3 is 0 Å². The molecule has 1 aromatic carbocycles. The molecular weight excluding hydrogens is 214 g/mol. The third kappa shape index (κ3) is 1.67. The van der Waals surface area contributed by atoms with Crippen LogP contribution in [0.3, 0.4) is 0 Å². The van der Waals surface area contributed by atoms with Gasteiger partial charge in [-0.1, -0.05) is 23.7 Å². The third-order valence-electron chi connectivity index (χ3n) is 1.95. The van der Waals surface area contributed by atoms with E-state index in [-0.39, 0.29) is 10.8 Å². The lowest BCUT2D eigenvalue weighted by atomic mass is 10.2. The van der Waals surface area contributed by atoms with Crippen LogP contribution in [0.2, 0.25) is 0 Å². The molecule has 0 aliphatic heterocycles. The molecule has 1 aromatic heterocycles. The molecule has 74 valence electrons. The summed E-state index contributed by atoms with van der Waals surface area (Å²) in [7, 11) is 0. The molecule has 0 radical (unpaired) electrons. The largest absolute Gasteiger partial charge is 0.504 e. The summed E-state index contributed by atoms with van der Waals surface area (Å²) in [6.07, 6.45) is 1.18. The summed E-state index contributed by atoms with van der Waals surface area (Å²) in [6.45, 7) is 0. The van der Waals surface area contributed by atoms with Crippen LogP contribution in [-0.2, 0) is 0 Å². The van der Waals surface area contributed by atoms with E-state index in [9.17, 15) is 5.11 Å². The maximum Gasteiger partial charge on any atom is 0.176 e. The predicted octanol–water partition coefficient (Wildman–Crippen LogP) is 3.24. The molecule has 0 saturated carbocycles. The van der Waals surface area contributed by atoms with Crippen LogP contribution in [0, 0.1) is 11.3 Å². The topological polar surface area (TPSA) is 57.2 Å². The van der Waals surface area contributed by atoms with Crippen molar-refractivity contribution in [2.75, 3.05) is 0 Å². The highest BCUT2D eigenvalue weighted by molar-refractivity contribution is 6.48. The number of furan rings is 1. The number of phenols is 1. The summed E-state index contributed by atoms with van der Waals surface area (Å²) < 4.78 is 5.31. The van der Waals surface area contributed by atoms with Crippen molar-refractivity contribution in [1.82, 2.24) is 0 Å². The number of phenolic OH excluding ortho intramolecular Hbond substituents is 1. The maximum absolute atomic E-state index is 9.47. The van der Waals surface area contributed by atoms with Crippen LogP contribution in [0.5, 0.6) is 5.75 Å². The fourth-order valence-corrected chi connectivity index (χ4v) is 1.44. The Hall–Kier alpha value is -1.92. The SMILES string of the molecule is N#C/C=C(\Cl)c1cc2cccc(O)c2o1. The summed E-state index contributed by atoms with van der Waals surface area (Å²) in [4.78, 5) is 0. The van der Waals surface area contributed by atoms with E-state index in [4.69, 9.17) is 21.3 Å². The molecule has 15 heavy (non-hydrogen) atoms. The van der Waals surface area contributed by atoms with Gasteiger partial charge in [0.15, 0.2) is 11.3 Å². The molecular formula is C11H6ClNO2. The van der Waals surface area contributed by atoms with Crippen molar-refractivity contribution in [1.29, 1.82) is 5.26 Å². The predicted molar refractivity (Wildman–Crippen MR) is 57.3 cm³/mol. The fourth-order valence-electron chi connectivity index (χ4n) is 1.29. The second kappa shape index (κ2) is 3.68. The van der Waals surface area contributed by atoms with Crippen LogP contribution in [0.15, 0.2) is 34.8 Å². The Morgan fingerprint density at radius 3 is 3.00 bits per heavy atom. The summed E-state index contributed by atoms with van der Waals surface area (Å²) in [5, 5.41) is 18.9. The van der Waals surface area contributed by atoms with Crippen molar-refractivity contribution < 1.29 is 9.52 Å². The fraction of sp³-hybridized carbons (Fsp3) is 0. The highest BCUT2D eigenvalue weighted by Crippen LogP contribution is 2.31. The summed E-state index contributed by atoms with van der Waals surface area (Å²) in [5.74, 6) is 0.426. The van der Waals surface area contributed by atoms with Crippen molar-refractivity contribution >= 4 is 27.6 Å². The Balaban J connectivity index is 2.63. The Bertz CT molecular complexity index is 578. The van der Waals surface area contributed by atoms with Gasteiger partial charge in [-0.15, -0.1) is 0 Å². The van der Waals surface area contributed by atoms with E-state index < -0.39 is 0 Å². The maximum atomic E-state index is 9.47.